The second-order valence-corrected chi connectivity index (χ2v) is 7.95. The lowest BCUT2D eigenvalue weighted by Gasteiger charge is -2.20. The normalized spacial score (nSPS) is 11.9. The van der Waals surface area contributed by atoms with Crippen LogP contribution < -0.4 is 5.32 Å². The summed E-state index contributed by atoms with van der Waals surface area (Å²) < 4.78 is 5.77. The number of nitrogens with zero attached hydrogens (tertiary/aromatic N) is 1. The molecule has 5 heteroatoms. The number of oxazole rings is 1. The summed E-state index contributed by atoms with van der Waals surface area (Å²) in [6, 6.07) is 21.9. The highest BCUT2D eigenvalue weighted by atomic mass is 32.1. The van der Waals surface area contributed by atoms with E-state index in [4.69, 9.17) is 4.42 Å². The van der Waals surface area contributed by atoms with Crippen LogP contribution in [0, 0.1) is 13.8 Å². The Balaban J connectivity index is 1.55. The lowest BCUT2D eigenvalue weighted by Crippen LogP contribution is -2.30. The number of rotatable bonds is 6. The van der Waals surface area contributed by atoms with Crippen LogP contribution in [0.4, 0.5) is 0 Å². The smallest absolute Gasteiger partial charge is 0.236 e. The van der Waals surface area contributed by atoms with Gasteiger partial charge in [-0.3, -0.25) is 4.79 Å². The summed E-state index contributed by atoms with van der Waals surface area (Å²) in [5.74, 6) is 1.15. The maximum Gasteiger partial charge on any atom is 0.236 e. The number of carbonyl (C=O) groups excluding carboxylic acids is 1. The van der Waals surface area contributed by atoms with Crippen molar-refractivity contribution in [2.45, 2.75) is 26.3 Å². The molecule has 146 valence electrons. The summed E-state index contributed by atoms with van der Waals surface area (Å²) in [5.41, 5.74) is 3.94. The van der Waals surface area contributed by atoms with Crippen LogP contribution in [-0.4, -0.2) is 10.9 Å². The van der Waals surface area contributed by atoms with E-state index in [2.05, 4.69) is 41.5 Å². The molecular formula is C24H22N2O2S. The van der Waals surface area contributed by atoms with Gasteiger partial charge in [-0.15, -0.1) is 11.3 Å². The average molecular weight is 403 g/mol. The number of benzene rings is 2. The number of hydrogen-bond donors (Lipinski definition) is 1. The molecule has 0 aliphatic rings. The highest BCUT2D eigenvalue weighted by Gasteiger charge is 2.20. The lowest BCUT2D eigenvalue weighted by molar-refractivity contribution is -0.121. The summed E-state index contributed by atoms with van der Waals surface area (Å²) >= 11 is 1.57. The van der Waals surface area contributed by atoms with Gasteiger partial charge in [-0.1, -0.05) is 66.2 Å². The summed E-state index contributed by atoms with van der Waals surface area (Å²) in [5, 5.41) is 5.15. The van der Waals surface area contributed by atoms with E-state index in [1.54, 1.807) is 11.3 Å². The van der Waals surface area contributed by atoms with Crippen LogP contribution in [-0.2, 0) is 11.2 Å². The fourth-order valence-electron chi connectivity index (χ4n) is 3.23. The van der Waals surface area contributed by atoms with Gasteiger partial charge in [0.05, 0.1) is 23.0 Å². The first kappa shape index (κ1) is 19.2. The van der Waals surface area contributed by atoms with Crippen molar-refractivity contribution in [3.8, 4) is 10.8 Å². The van der Waals surface area contributed by atoms with E-state index >= 15 is 0 Å². The van der Waals surface area contributed by atoms with Crippen molar-refractivity contribution in [2.24, 2.45) is 0 Å². The number of hydrogen-bond acceptors (Lipinski definition) is 4. The topological polar surface area (TPSA) is 55.1 Å². The molecule has 4 nitrogen and oxygen atoms in total. The van der Waals surface area contributed by atoms with Gasteiger partial charge < -0.3 is 9.73 Å². The molecule has 0 saturated heterocycles. The van der Waals surface area contributed by atoms with Crippen LogP contribution in [0.25, 0.3) is 10.8 Å². The Labute approximate surface area is 174 Å². The largest absolute Gasteiger partial charge is 0.440 e. The average Bonchev–Trinajstić information content (AvgIpc) is 3.38. The predicted octanol–water partition coefficient (Wildman–Crippen LogP) is 5.47. The van der Waals surface area contributed by atoms with E-state index < -0.39 is 0 Å². The van der Waals surface area contributed by atoms with Crippen molar-refractivity contribution in [2.75, 3.05) is 0 Å². The van der Waals surface area contributed by atoms with E-state index in [0.717, 1.165) is 16.0 Å². The van der Waals surface area contributed by atoms with Gasteiger partial charge in [-0.2, -0.15) is 0 Å². The van der Waals surface area contributed by atoms with E-state index in [9.17, 15) is 4.79 Å². The minimum absolute atomic E-state index is 0.0893. The van der Waals surface area contributed by atoms with Crippen LogP contribution in [0.5, 0.6) is 0 Å². The fourth-order valence-corrected chi connectivity index (χ4v) is 3.87. The first-order valence-corrected chi connectivity index (χ1v) is 10.4. The van der Waals surface area contributed by atoms with Crippen molar-refractivity contribution >= 4 is 17.2 Å². The zero-order chi connectivity index (χ0) is 20.2. The van der Waals surface area contributed by atoms with E-state index in [1.807, 2.05) is 54.8 Å². The van der Waals surface area contributed by atoms with Crippen LogP contribution in [0.2, 0.25) is 0 Å². The maximum atomic E-state index is 12.9. The number of amides is 1. The lowest BCUT2D eigenvalue weighted by atomic mass is 9.97. The van der Waals surface area contributed by atoms with Crippen molar-refractivity contribution in [1.29, 1.82) is 0 Å². The molecular weight excluding hydrogens is 380 g/mol. The molecule has 0 saturated carbocycles. The third-order valence-electron chi connectivity index (χ3n) is 4.80. The Hall–Kier alpha value is -3.18. The van der Waals surface area contributed by atoms with Crippen LogP contribution in [0.15, 0.2) is 76.5 Å². The second kappa shape index (κ2) is 8.45. The van der Waals surface area contributed by atoms with Gasteiger partial charge >= 0.3 is 0 Å². The third-order valence-corrected chi connectivity index (χ3v) is 5.66. The molecule has 29 heavy (non-hydrogen) atoms. The summed E-state index contributed by atoms with van der Waals surface area (Å²) in [4.78, 5) is 18.4. The Morgan fingerprint density at radius 3 is 2.41 bits per heavy atom. The number of aromatic nitrogens is 1. The molecule has 1 N–H and O–H groups in total. The molecule has 1 atom stereocenters. The Morgan fingerprint density at radius 2 is 1.72 bits per heavy atom. The summed E-state index contributed by atoms with van der Waals surface area (Å²) in [7, 11) is 0. The van der Waals surface area contributed by atoms with Gasteiger partial charge in [-0.05, 0) is 36.4 Å². The van der Waals surface area contributed by atoms with Gasteiger partial charge in [0, 0.05) is 0 Å². The molecule has 4 rings (SSSR count). The molecule has 0 radical (unpaired) electrons. The predicted molar refractivity (Wildman–Crippen MR) is 116 cm³/mol. The summed E-state index contributed by atoms with van der Waals surface area (Å²) in [6.45, 7) is 3.90. The van der Waals surface area contributed by atoms with Crippen molar-refractivity contribution < 1.29 is 9.21 Å². The molecule has 0 spiro atoms. The molecule has 2 aromatic heterocycles. The number of nitrogens with one attached hydrogen (secondary N) is 1. The Kier molecular flexibility index (Phi) is 5.58. The highest BCUT2D eigenvalue weighted by molar-refractivity contribution is 7.13. The fraction of sp³-hybridized carbons (Fsp3) is 0.167. The molecule has 0 aliphatic heterocycles. The zero-order valence-electron chi connectivity index (χ0n) is 16.4. The standard InChI is InChI=1S/C24H22N2O2S/c1-16-10-12-19(13-11-16)23(18-7-4-3-5-8-18)26-22(27)15-20-17(2)28-24(25-20)21-9-6-14-29-21/h3-14,23H,15H2,1-2H3,(H,26,27). The molecule has 4 aromatic rings. The van der Waals surface area contributed by atoms with Gasteiger partial charge in [0.1, 0.15) is 5.76 Å². The minimum atomic E-state index is -0.215. The quantitative estimate of drug-likeness (QED) is 0.465. The van der Waals surface area contributed by atoms with Gasteiger partial charge in [-0.25, -0.2) is 4.98 Å². The Morgan fingerprint density at radius 1 is 1.00 bits per heavy atom. The number of carbonyl (C=O) groups is 1. The monoisotopic (exact) mass is 402 g/mol. The van der Waals surface area contributed by atoms with Crippen LogP contribution in [0.3, 0.4) is 0 Å². The number of aryl methyl sites for hydroxylation is 2. The first-order valence-electron chi connectivity index (χ1n) is 9.51. The summed E-state index contributed by atoms with van der Waals surface area (Å²) in [6.07, 6.45) is 0.176. The molecule has 1 amide bonds. The van der Waals surface area contributed by atoms with Crippen LogP contribution in [0.1, 0.15) is 34.2 Å². The van der Waals surface area contributed by atoms with E-state index in [-0.39, 0.29) is 18.4 Å². The van der Waals surface area contributed by atoms with E-state index in [1.165, 1.54) is 5.56 Å². The van der Waals surface area contributed by atoms with Crippen LogP contribution >= 0.6 is 11.3 Å². The number of thiophene rings is 1. The molecule has 2 heterocycles. The molecule has 0 aliphatic carbocycles. The zero-order valence-corrected chi connectivity index (χ0v) is 17.2. The van der Waals surface area contributed by atoms with E-state index in [0.29, 0.717) is 17.3 Å². The van der Waals surface area contributed by atoms with Crippen molar-refractivity contribution in [3.63, 3.8) is 0 Å². The SMILES string of the molecule is Cc1ccc(C(NC(=O)Cc2nc(-c3cccs3)oc2C)c2ccccc2)cc1. The Bertz CT molecular complexity index is 1080. The molecule has 1 unspecified atom stereocenters. The van der Waals surface area contributed by atoms with Gasteiger partial charge in [0.25, 0.3) is 0 Å². The second-order valence-electron chi connectivity index (χ2n) is 7.00. The molecule has 0 bridgehead atoms. The third kappa shape index (κ3) is 4.46. The maximum absolute atomic E-state index is 12.9. The minimum Gasteiger partial charge on any atom is -0.440 e. The van der Waals surface area contributed by atoms with Gasteiger partial charge in [0.2, 0.25) is 11.8 Å². The molecule has 0 fully saturated rings. The first-order chi connectivity index (χ1) is 14.1. The van der Waals surface area contributed by atoms with Crippen molar-refractivity contribution in [3.05, 3.63) is 100 Å². The van der Waals surface area contributed by atoms with Crippen molar-refractivity contribution in [1.82, 2.24) is 10.3 Å². The van der Waals surface area contributed by atoms with Gasteiger partial charge in [0.15, 0.2) is 0 Å². The highest BCUT2D eigenvalue weighted by Crippen LogP contribution is 2.27. The molecule has 2 aromatic carbocycles.